The number of halogens is 3. The van der Waals surface area contributed by atoms with E-state index in [2.05, 4.69) is 25.3 Å². The predicted octanol–water partition coefficient (Wildman–Crippen LogP) is 4.48. The van der Waals surface area contributed by atoms with Gasteiger partial charge < -0.3 is 9.80 Å². The van der Waals surface area contributed by atoms with Gasteiger partial charge in [-0.2, -0.15) is 18.3 Å². The third-order valence-corrected chi connectivity index (χ3v) is 14.2. The van der Waals surface area contributed by atoms with Crippen LogP contribution >= 0.6 is 0 Å². The lowest BCUT2D eigenvalue weighted by Gasteiger charge is -2.47. The summed E-state index contributed by atoms with van der Waals surface area (Å²) in [6, 6.07) is 8.98. The van der Waals surface area contributed by atoms with Crippen molar-refractivity contribution in [3.63, 3.8) is 0 Å². The summed E-state index contributed by atoms with van der Waals surface area (Å²) >= 11 is 0. The number of fused-ring (bicyclic) bond motifs is 5. The van der Waals surface area contributed by atoms with Crippen molar-refractivity contribution in [3.8, 4) is 0 Å². The van der Waals surface area contributed by atoms with E-state index in [1.54, 1.807) is 29.4 Å². The number of aromatic nitrogens is 3. The number of nitrogens with zero attached hydrogens (tertiary/aromatic N) is 7. The Hall–Kier alpha value is -5.68. The van der Waals surface area contributed by atoms with Crippen LogP contribution < -0.4 is 10.2 Å². The highest BCUT2D eigenvalue weighted by Gasteiger charge is 2.46. The van der Waals surface area contributed by atoms with Gasteiger partial charge in [0.1, 0.15) is 6.04 Å². The number of carbonyl (C=O) groups excluding carboxylic acids is 5. The fourth-order valence-corrected chi connectivity index (χ4v) is 10.7. The fraction of sp³-hybridized carbons (Fsp3) is 0.477. The molecule has 2 aromatic carbocycles. The van der Waals surface area contributed by atoms with Crippen molar-refractivity contribution in [2.75, 3.05) is 44.2 Å². The number of anilines is 1. The number of rotatable bonds is 6. The molecular formula is C44H46F3N9O5. The second-order valence-electron chi connectivity index (χ2n) is 17.8. The molecule has 4 aromatic rings. The zero-order valence-corrected chi connectivity index (χ0v) is 33.8. The summed E-state index contributed by atoms with van der Waals surface area (Å²) in [7, 11) is 0. The van der Waals surface area contributed by atoms with Crippen LogP contribution in [0.5, 0.6) is 0 Å². The molecule has 2 N–H and O–H groups in total. The quantitative estimate of drug-likeness (QED) is 0.266. The minimum atomic E-state index is -4.36. The summed E-state index contributed by atoms with van der Waals surface area (Å²) in [5.74, 6) is -2.20. The maximum absolute atomic E-state index is 13.9. The van der Waals surface area contributed by atoms with E-state index in [0.29, 0.717) is 25.2 Å². The van der Waals surface area contributed by atoms with Crippen LogP contribution in [0.2, 0.25) is 0 Å². The molecule has 1 unspecified atom stereocenters. The van der Waals surface area contributed by atoms with Crippen molar-refractivity contribution in [1.82, 2.24) is 40.1 Å². The van der Waals surface area contributed by atoms with Crippen molar-refractivity contribution in [3.05, 3.63) is 87.9 Å². The van der Waals surface area contributed by atoms with E-state index in [9.17, 15) is 37.1 Å². The number of nitrogens with one attached hydrogen (secondary N) is 2. The Morgan fingerprint density at radius 1 is 0.902 bits per heavy atom. The van der Waals surface area contributed by atoms with Crippen molar-refractivity contribution in [2.24, 2.45) is 5.41 Å². The molecule has 6 aliphatic rings. The molecular weight excluding hydrogens is 792 g/mol. The van der Waals surface area contributed by atoms with E-state index in [-0.39, 0.29) is 47.9 Å². The maximum Gasteiger partial charge on any atom is 0.401 e. The molecule has 0 aliphatic carbocycles. The van der Waals surface area contributed by atoms with Gasteiger partial charge in [-0.25, -0.2) is 0 Å². The number of amides is 5. The Bertz CT molecular complexity index is 2420. The average molecular weight is 838 g/mol. The molecule has 3 fully saturated rings. The van der Waals surface area contributed by atoms with Gasteiger partial charge in [-0.15, -0.1) is 0 Å². The molecule has 6 aliphatic heterocycles. The summed E-state index contributed by atoms with van der Waals surface area (Å²) in [6.07, 6.45) is 3.77. The number of pyridine rings is 1. The standard InChI is InChI=1S/C44H46F3N9O5/c1-25-16-30-29(3-5-34-33(30)20-49-51-34)39(55(25)24-44(45,46)47)35-4-2-28(19-48-35)53-14-10-43(11-15-53)8-12-52(13-9-43)23-38(58)54-21-26-17-31-32(18-27(26)22-54)42(61)56(41(31)60)36-6-7-37(57)50-40(36)59/h2-5,17-20,25,36,39H,6-16,21-24H2,1H3,(H,49,51)(H,50,57,59)/t25-,36?,39+/m1/s1. The SMILES string of the molecule is C[C@@H]1Cc2c(ccc3[nH]ncc23)[C@@H](c2ccc(N3CCC4(CCN(CC(=O)N5Cc6cc7c(cc6C5)C(=O)N(C5CCC(=O)NC5=O)C7=O)CC4)CC3)cn2)N1CC(F)(F)F. The van der Waals surface area contributed by atoms with Crippen molar-refractivity contribution < 1.29 is 37.1 Å². The van der Waals surface area contributed by atoms with E-state index in [1.165, 1.54) is 4.90 Å². The fourth-order valence-electron chi connectivity index (χ4n) is 10.7. The highest BCUT2D eigenvalue weighted by atomic mass is 19.4. The van der Waals surface area contributed by atoms with Gasteiger partial charge in [-0.3, -0.25) is 54.1 Å². The van der Waals surface area contributed by atoms with Crippen LogP contribution in [0.4, 0.5) is 18.9 Å². The molecule has 2 aromatic heterocycles. The van der Waals surface area contributed by atoms with Crippen LogP contribution in [0.15, 0.2) is 48.8 Å². The monoisotopic (exact) mass is 837 g/mol. The summed E-state index contributed by atoms with van der Waals surface area (Å²) in [6.45, 7) is 5.05. The molecule has 10 rings (SSSR count). The third-order valence-electron chi connectivity index (χ3n) is 14.2. The van der Waals surface area contributed by atoms with Crippen LogP contribution in [-0.2, 0) is 33.9 Å². The Morgan fingerprint density at radius 2 is 1.59 bits per heavy atom. The van der Waals surface area contributed by atoms with Crippen LogP contribution in [0, 0.1) is 5.41 Å². The molecule has 0 saturated carbocycles. The number of hydrogen-bond acceptors (Lipinski definition) is 10. The van der Waals surface area contributed by atoms with Crippen molar-refractivity contribution in [2.45, 2.75) is 89.3 Å². The maximum atomic E-state index is 13.9. The first kappa shape index (κ1) is 39.5. The van der Waals surface area contributed by atoms with E-state index in [0.717, 1.165) is 95.6 Å². The van der Waals surface area contributed by atoms with E-state index >= 15 is 0 Å². The Kier molecular flexibility index (Phi) is 9.54. The van der Waals surface area contributed by atoms with Gasteiger partial charge >= 0.3 is 6.18 Å². The molecule has 14 nitrogen and oxygen atoms in total. The molecule has 0 bridgehead atoms. The lowest BCUT2D eigenvalue weighted by atomic mass is 9.71. The van der Waals surface area contributed by atoms with E-state index in [1.807, 2.05) is 31.2 Å². The summed E-state index contributed by atoms with van der Waals surface area (Å²) < 4.78 is 41.7. The lowest BCUT2D eigenvalue weighted by Crippen LogP contribution is -2.54. The minimum absolute atomic E-state index is 0.0108. The first-order chi connectivity index (χ1) is 29.2. The minimum Gasteiger partial charge on any atom is -0.370 e. The van der Waals surface area contributed by atoms with Gasteiger partial charge in [-0.1, -0.05) is 6.07 Å². The van der Waals surface area contributed by atoms with Crippen LogP contribution in [-0.4, -0.2) is 122 Å². The van der Waals surface area contributed by atoms with Crippen molar-refractivity contribution >= 4 is 46.1 Å². The molecule has 5 amide bonds. The summed E-state index contributed by atoms with van der Waals surface area (Å²) in [4.78, 5) is 77.9. The number of aromatic amines is 1. The molecule has 17 heteroatoms. The van der Waals surface area contributed by atoms with Crippen LogP contribution in [0.3, 0.4) is 0 Å². The predicted molar refractivity (Wildman–Crippen MR) is 215 cm³/mol. The van der Waals surface area contributed by atoms with Gasteiger partial charge in [0.15, 0.2) is 0 Å². The topological polar surface area (TPSA) is 155 Å². The molecule has 8 heterocycles. The molecule has 3 atom stereocenters. The lowest BCUT2D eigenvalue weighted by molar-refractivity contribution is -0.155. The molecule has 1 spiro atoms. The van der Waals surface area contributed by atoms with Crippen molar-refractivity contribution in [1.29, 1.82) is 0 Å². The number of piperidine rings is 3. The first-order valence-corrected chi connectivity index (χ1v) is 21.1. The normalized spacial score (nSPS) is 24.4. The average Bonchev–Trinajstić information content (AvgIpc) is 3.95. The number of carbonyl (C=O) groups is 5. The first-order valence-electron chi connectivity index (χ1n) is 21.1. The zero-order valence-electron chi connectivity index (χ0n) is 33.8. The summed E-state index contributed by atoms with van der Waals surface area (Å²) in [5.41, 5.74) is 6.47. The number of likely N-dealkylation sites (tertiary alicyclic amines) is 1. The highest BCUT2D eigenvalue weighted by Crippen LogP contribution is 2.44. The number of alkyl halides is 3. The number of hydrogen-bond donors (Lipinski definition) is 2. The smallest absolute Gasteiger partial charge is 0.370 e. The molecule has 318 valence electrons. The molecule has 0 radical (unpaired) electrons. The Morgan fingerprint density at radius 3 is 2.23 bits per heavy atom. The molecule has 61 heavy (non-hydrogen) atoms. The van der Waals surface area contributed by atoms with Gasteiger partial charge in [0.2, 0.25) is 17.7 Å². The Balaban J connectivity index is 0.738. The Labute approximate surface area is 349 Å². The van der Waals surface area contributed by atoms with Crippen LogP contribution in [0.25, 0.3) is 10.9 Å². The second kappa shape index (κ2) is 14.8. The highest BCUT2D eigenvalue weighted by molar-refractivity contribution is 6.23. The van der Waals surface area contributed by atoms with Gasteiger partial charge in [0.05, 0.1) is 59.5 Å². The third kappa shape index (κ3) is 7.04. The number of H-pyrrole nitrogens is 1. The molecule has 3 saturated heterocycles. The largest absolute Gasteiger partial charge is 0.401 e. The van der Waals surface area contributed by atoms with Gasteiger partial charge in [0, 0.05) is 44.0 Å². The zero-order chi connectivity index (χ0) is 42.4. The van der Waals surface area contributed by atoms with E-state index < -0.39 is 48.4 Å². The van der Waals surface area contributed by atoms with Crippen LogP contribution in [0.1, 0.15) is 100 Å². The second-order valence-corrected chi connectivity index (χ2v) is 17.8. The number of imide groups is 2. The van der Waals surface area contributed by atoms with Gasteiger partial charge in [0.25, 0.3) is 11.8 Å². The summed E-state index contributed by atoms with van der Waals surface area (Å²) in [5, 5.41) is 10.3. The number of benzene rings is 2. The van der Waals surface area contributed by atoms with E-state index in [4.69, 9.17) is 4.98 Å². The van der Waals surface area contributed by atoms with Gasteiger partial charge in [-0.05, 0) is 117 Å².